The number of furan rings is 1. The maximum absolute atomic E-state index is 12.0. The van der Waals surface area contributed by atoms with Crippen molar-refractivity contribution in [3.8, 4) is 0 Å². The quantitative estimate of drug-likeness (QED) is 0.816. The van der Waals surface area contributed by atoms with Crippen LogP contribution in [0.4, 0.5) is 5.69 Å². The number of rotatable bonds is 7. The molecule has 1 atom stereocenters. The lowest BCUT2D eigenvalue weighted by Gasteiger charge is -2.10. The van der Waals surface area contributed by atoms with Crippen LogP contribution in [0.1, 0.15) is 18.9 Å². The molecular weight excluding hydrogens is 306 g/mol. The Labute approximate surface area is 128 Å². The third kappa shape index (κ3) is 3.88. The van der Waals surface area contributed by atoms with E-state index >= 15 is 0 Å². The minimum atomic E-state index is -3.73. The van der Waals surface area contributed by atoms with E-state index < -0.39 is 21.9 Å². The van der Waals surface area contributed by atoms with Gasteiger partial charge in [-0.1, -0.05) is 19.1 Å². The molecule has 2 rings (SSSR count). The Kier molecular flexibility index (Phi) is 4.87. The highest BCUT2D eigenvalue weighted by molar-refractivity contribution is 7.92. The normalized spacial score (nSPS) is 12.8. The van der Waals surface area contributed by atoms with Crippen molar-refractivity contribution in [1.82, 2.24) is 0 Å². The monoisotopic (exact) mass is 323 g/mol. The van der Waals surface area contributed by atoms with Crippen LogP contribution in [-0.2, 0) is 21.2 Å². The van der Waals surface area contributed by atoms with Gasteiger partial charge >= 0.3 is 5.97 Å². The molecule has 0 saturated heterocycles. The number of hydrogen-bond acceptors (Lipinski definition) is 4. The molecule has 22 heavy (non-hydrogen) atoms. The highest BCUT2D eigenvalue weighted by Gasteiger charge is 2.18. The highest BCUT2D eigenvalue weighted by Crippen LogP contribution is 2.19. The average Bonchev–Trinajstić information content (AvgIpc) is 3.01. The Morgan fingerprint density at radius 1 is 1.27 bits per heavy atom. The van der Waals surface area contributed by atoms with E-state index in [-0.39, 0.29) is 5.09 Å². The van der Waals surface area contributed by atoms with Gasteiger partial charge in [0.25, 0.3) is 10.0 Å². The topological polar surface area (TPSA) is 96.6 Å². The van der Waals surface area contributed by atoms with Gasteiger partial charge in [0.2, 0.25) is 5.09 Å². The SMILES string of the molecule is CC[C@H](Cc1ccc(NS(=O)(=O)c2ccco2)cc1)C(=O)O. The zero-order chi connectivity index (χ0) is 16.2. The smallest absolute Gasteiger partial charge is 0.306 e. The first-order chi connectivity index (χ1) is 10.4. The summed E-state index contributed by atoms with van der Waals surface area (Å²) >= 11 is 0. The van der Waals surface area contributed by atoms with Crippen LogP contribution >= 0.6 is 0 Å². The molecule has 0 aliphatic rings. The maximum atomic E-state index is 12.0. The molecule has 0 spiro atoms. The van der Waals surface area contributed by atoms with Crippen molar-refractivity contribution in [3.63, 3.8) is 0 Å². The summed E-state index contributed by atoms with van der Waals surface area (Å²) < 4.78 is 31.2. The summed E-state index contributed by atoms with van der Waals surface area (Å²) in [5.41, 5.74) is 1.23. The summed E-state index contributed by atoms with van der Waals surface area (Å²) in [5.74, 6) is -1.27. The van der Waals surface area contributed by atoms with Gasteiger partial charge in [0.05, 0.1) is 12.2 Å². The molecule has 1 aromatic carbocycles. The molecule has 0 aliphatic carbocycles. The van der Waals surface area contributed by atoms with E-state index in [0.29, 0.717) is 18.5 Å². The van der Waals surface area contributed by atoms with Gasteiger partial charge in [0.1, 0.15) is 0 Å². The molecule has 118 valence electrons. The fourth-order valence-electron chi connectivity index (χ4n) is 2.02. The van der Waals surface area contributed by atoms with Crippen LogP contribution in [0.3, 0.4) is 0 Å². The first kappa shape index (κ1) is 16.1. The van der Waals surface area contributed by atoms with E-state index in [1.165, 1.54) is 18.4 Å². The van der Waals surface area contributed by atoms with E-state index in [9.17, 15) is 13.2 Å². The lowest BCUT2D eigenvalue weighted by molar-refractivity contribution is -0.141. The molecule has 0 amide bonds. The lowest BCUT2D eigenvalue weighted by atomic mass is 9.97. The second-order valence-corrected chi connectivity index (χ2v) is 6.50. The molecule has 2 aromatic rings. The summed E-state index contributed by atoms with van der Waals surface area (Å²) in [7, 11) is -3.73. The number of carboxylic acids is 1. The summed E-state index contributed by atoms with van der Waals surface area (Å²) in [6, 6.07) is 9.48. The fraction of sp³-hybridized carbons (Fsp3) is 0.267. The molecule has 1 heterocycles. The number of sulfonamides is 1. The van der Waals surface area contributed by atoms with Crippen LogP contribution in [0.15, 0.2) is 52.2 Å². The summed E-state index contributed by atoms with van der Waals surface area (Å²) in [6.45, 7) is 1.82. The van der Waals surface area contributed by atoms with Gasteiger partial charge in [-0.15, -0.1) is 0 Å². The van der Waals surface area contributed by atoms with Crippen molar-refractivity contribution < 1.29 is 22.7 Å². The predicted molar refractivity (Wildman–Crippen MR) is 81.1 cm³/mol. The van der Waals surface area contributed by atoms with Crippen molar-refractivity contribution in [1.29, 1.82) is 0 Å². The number of anilines is 1. The highest BCUT2D eigenvalue weighted by atomic mass is 32.2. The number of benzene rings is 1. The van der Waals surface area contributed by atoms with Crippen LogP contribution < -0.4 is 4.72 Å². The number of nitrogens with one attached hydrogen (secondary N) is 1. The minimum absolute atomic E-state index is 0.159. The van der Waals surface area contributed by atoms with Gasteiger partial charge in [-0.3, -0.25) is 9.52 Å². The second-order valence-electron chi connectivity index (χ2n) is 4.88. The van der Waals surface area contributed by atoms with Gasteiger partial charge in [-0.2, -0.15) is 8.42 Å². The Balaban J connectivity index is 2.08. The zero-order valence-electron chi connectivity index (χ0n) is 12.0. The number of hydrogen-bond donors (Lipinski definition) is 2. The maximum Gasteiger partial charge on any atom is 0.306 e. The summed E-state index contributed by atoms with van der Waals surface area (Å²) in [5, 5.41) is 8.89. The van der Waals surface area contributed by atoms with E-state index in [2.05, 4.69) is 4.72 Å². The minimum Gasteiger partial charge on any atom is -0.481 e. The summed E-state index contributed by atoms with van der Waals surface area (Å²) in [4.78, 5) is 11.0. The van der Waals surface area contributed by atoms with Gasteiger partial charge in [-0.05, 0) is 42.7 Å². The average molecular weight is 323 g/mol. The molecule has 0 radical (unpaired) electrons. The van der Waals surface area contributed by atoms with Crippen molar-refractivity contribution in [2.45, 2.75) is 24.9 Å². The van der Waals surface area contributed by atoms with Crippen LogP contribution in [0.25, 0.3) is 0 Å². The van der Waals surface area contributed by atoms with E-state index in [1.54, 1.807) is 24.3 Å². The molecule has 0 unspecified atom stereocenters. The van der Waals surface area contributed by atoms with E-state index in [1.807, 2.05) is 6.92 Å². The first-order valence-electron chi connectivity index (χ1n) is 6.80. The molecule has 1 aromatic heterocycles. The van der Waals surface area contributed by atoms with E-state index in [4.69, 9.17) is 9.52 Å². The second kappa shape index (κ2) is 6.65. The largest absolute Gasteiger partial charge is 0.481 e. The molecule has 2 N–H and O–H groups in total. The Morgan fingerprint density at radius 3 is 2.45 bits per heavy atom. The van der Waals surface area contributed by atoms with Gasteiger partial charge < -0.3 is 9.52 Å². The Morgan fingerprint density at radius 2 is 1.95 bits per heavy atom. The third-order valence-corrected chi connectivity index (χ3v) is 4.56. The lowest BCUT2D eigenvalue weighted by Crippen LogP contribution is -2.15. The first-order valence-corrected chi connectivity index (χ1v) is 8.28. The zero-order valence-corrected chi connectivity index (χ0v) is 12.8. The molecular formula is C15H17NO5S. The number of carbonyl (C=O) groups is 1. The number of aliphatic carboxylic acids is 1. The predicted octanol–water partition coefficient (Wildman–Crippen LogP) is 2.73. The van der Waals surface area contributed by atoms with Crippen LogP contribution in [0.5, 0.6) is 0 Å². The van der Waals surface area contributed by atoms with Gasteiger partial charge in [0.15, 0.2) is 0 Å². The molecule has 0 saturated carbocycles. The van der Waals surface area contributed by atoms with Crippen LogP contribution in [0, 0.1) is 5.92 Å². The standard InChI is InChI=1S/C15H17NO5S/c1-2-12(15(17)18)10-11-5-7-13(8-6-11)16-22(19,20)14-4-3-9-21-14/h3-9,12,16H,2,10H2,1H3,(H,17,18)/t12-/m1/s1. The molecule has 0 bridgehead atoms. The van der Waals surface area contributed by atoms with Gasteiger partial charge in [0, 0.05) is 5.69 Å². The van der Waals surface area contributed by atoms with Gasteiger partial charge in [-0.25, -0.2) is 0 Å². The van der Waals surface area contributed by atoms with Crippen LogP contribution in [0.2, 0.25) is 0 Å². The Bertz CT molecular complexity index is 720. The van der Waals surface area contributed by atoms with Crippen molar-refractivity contribution in [2.75, 3.05) is 4.72 Å². The number of carboxylic acid groups (broad SMARTS) is 1. The molecule has 0 fully saturated rings. The fourth-order valence-corrected chi connectivity index (χ4v) is 3.01. The molecule has 7 heteroatoms. The third-order valence-electron chi connectivity index (χ3n) is 3.29. The molecule has 6 nitrogen and oxygen atoms in total. The van der Waals surface area contributed by atoms with Crippen molar-refractivity contribution in [3.05, 3.63) is 48.2 Å². The summed E-state index contributed by atoms with van der Waals surface area (Å²) in [6.07, 6.45) is 2.24. The van der Waals surface area contributed by atoms with E-state index in [0.717, 1.165) is 5.56 Å². The van der Waals surface area contributed by atoms with Crippen molar-refractivity contribution in [2.24, 2.45) is 5.92 Å². The Hall–Kier alpha value is -2.28. The molecule has 0 aliphatic heterocycles. The van der Waals surface area contributed by atoms with Crippen LogP contribution in [-0.4, -0.2) is 19.5 Å². The van der Waals surface area contributed by atoms with Crippen molar-refractivity contribution >= 4 is 21.7 Å².